The average molecular weight is 261 g/mol. The molecule has 102 valence electrons. The number of benzene rings is 1. The van der Waals surface area contributed by atoms with E-state index in [4.69, 9.17) is 9.84 Å². The summed E-state index contributed by atoms with van der Waals surface area (Å²) in [6.45, 7) is 4.07. The van der Waals surface area contributed by atoms with Crippen LogP contribution in [0.2, 0.25) is 0 Å². The Morgan fingerprint density at radius 2 is 2.32 bits per heavy atom. The van der Waals surface area contributed by atoms with E-state index in [1.165, 1.54) is 0 Å². The van der Waals surface area contributed by atoms with Gasteiger partial charge in [-0.05, 0) is 31.5 Å². The van der Waals surface area contributed by atoms with Crippen LogP contribution in [0.4, 0.5) is 4.79 Å². The average Bonchev–Trinajstić information content (AvgIpc) is 2.39. The van der Waals surface area contributed by atoms with Gasteiger partial charge in [-0.2, -0.15) is 0 Å². The summed E-state index contributed by atoms with van der Waals surface area (Å²) in [5.74, 6) is 5.83. The number of nitrogens with one attached hydrogen (secondary N) is 1. The highest BCUT2D eigenvalue weighted by Gasteiger charge is 2.09. The molecule has 0 fully saturated rings. The van der Waals surface area contributed by atoms with Gasteiger partial charge in [0.05, 0.1) is 19.3 Å². The first-order chi connectivity index (χ1) is 9.17. The fraction of sp³-hybridized carbons (Fsp3) is 0.400. The van der Waals surface area contributed by atoms with Crippen molar-refractivity contribution in [2.24, 2.45) is 0 Å². The van der Waals surface area contributed by atoms with Gasteiger partial charge < -0.3 is 15.2 Å². The molecular weight excluding hydrogens is 242 g/mol. The van der Waals surface area contributed by atoms with E-state index in [-0.39, 0.29) is 12.6 Å². The number of hydrogen-bond donors (Lipinski definition) is 2. The lowest BCUT2D eigenvalue weighted by molar-refractivity contribution is 0.149. The van der Waals surface area contributed by atoms with Gasteiger partial charge in [0.15, 0.2) is 0 Å². The molecule has 1 unspecified atom stereocenters. The minimum atomic E-state index is -0.424. The van der Waals surface area contributed by atoms with Gasteiger partial charge in [0, 0.05) is 12.0 Å². The van der Waals surface area contributed by atoms with Crippen LogP contribution in [0.5, 0.6) is 0 Å². The summed E-state index contributed by atoms with van der Waals surface area (Å²) in [4.78, 5) is 11.3. The Labute approximate surface area is 113 Å². The highest BCUT2D eigenvalue weighted by molar-refractivity contribution is 5.67. The molecule has 0 heterocycles. The summed E-state index contributed by atoms with van der Waals surface area (Å²) in [7, 11) is 0. The minimum Gasteiger partial charge on any atom is -0.450 e. The molecule has 0 aromatic heterocycles. The molecule has 4 nitrogen and oxygen atoms in total. The zero-order chi connectivity index (χ0) is 14.1. The monoisotopic (exact) mass is 261 g/mol. The van der Waals surface area contributed by atoms with E-state index < -0.39 is 6.09 Å². The Morgan fingerprint density at radius 3 is 3.00 bits per heavy atom. The van der Waals surface area contributed by atoms with Crippen molar-refractivity contribution < 1.29 is 14.6 Å². The molecule has 19 heavy (non-hydrogen) atoms. The first-order valence-electron chi connectivity index (χ1n) is 6.30. The highest BCUT2D eigenvalue weighted by atomic mass is 16.5. The van der Waals surface area contributed by atoms with Crippen molar-refractivity contribution in [2.75, 3.05) is 13.2 Å². The van der Waals surface area contributed by atoms with Gasteiger partial charge in [-0.3, -0.25) is 0 Å². The normalized spacial score (nSPS) is 11.1. The number of aliphatic hydroxyl groups excluding tert-OH is 1. The van der Waals surface area contributed by atoms with Crippen LogP contribution in [0.15, 0.2) is 24.3 Å². The van der Waals surface area contributed by atoms with Gasteiger partial charge >= 0.3 is 6.09 Å². The number of carbonyl (C=O) groups excluding carboxylic acids is 1. The second-order valence-electron chi connectivity index (χ2n) is 3.99. The summed E-state index contributed by atoms with van der Waals surface area (Å²) in [5, 5.41) is 11.4. The fourth-order valence-electron chi connectivity index (χ4n) is 1.54. The van der Waals surface area contributed by atoms with E-state index in [0.29, 0.717) is 13.0 Å². The topological polar surface area (TPSA) is 58.6 Å². The van der Waals surface area contributed by atoms with Crippen molar-refractivity contribution in [1.82, 2.24) is 5.32 Å². The molecule has 0 aliphatic carbocycles. The van der Waals surface area contributed by atoms with Crippen molar-refractivity contribution in [2.45, 2.75) is 26.3 Å². The maximum Gasteiger partial charge on any atom is 0.407 e. The minimum absolute atomic E-state index is 0.0630. The number of rotatable bonds is 4. The van der Waals surface area contributed by atoms with Crippen LogP contribution in [0, 0.1) is 11.8 Å². The van der Waals surface area contributed by atoms with Crippen LogP contribution in [0.1, 0.15) is 37.4 Å². The van der Waals surface area contributed by atoms with E-state index in [1.54, 1.807) is 6.92 Å². The Morgan fingerprint density at radius 1 is 1.53 bits per heavy atom. The van der Waals surface area contributed by atoms with E-state index in [2.05, 4.69) is 17.2 Å². The standard InChI is InChI=1S/C15H19NO3/c1-3-19-15(18)16-12(2)14-9-6-8-13(11-14)7-4-5-10-17/h6,8-9,11-12,17H,3,5,10H2,1-2H3,(H,16,18). The van der Waals surface area contributed by atoms with Gasteiger partial charge in [0.2, 0.25) is 0 Å². The summed E-state index contributed by atoms with van der Waals surface area (Å²) >= 11 is 0. The maximum atomic E-state index is 11.3. The molecule has 1 atom stereocenters. The third kappa shape index (κ3) is 5.45. The van der Waals surface area contributed by atoms with Crippen molar-refractivity contribution in [3.8, 4) is 11.8 Å². The van der Waals surface area contributed by atoms with E-state index in [1.807, 2.05) is 31.2 Å². The van der Waals surface area contributed by atoms with E-state index in [0.717, 1.165) is 11.1 Å². The second-order valence-corrected chi connectivity index (χ2v) is 3.99. The molecule has 0 spiro atoms. The lowest BCUT2D eigenvalue weighted by Gasteiger charge is -2.14. The predicted octanol–water partition coefficient (Wildman–Crippen LogP) is 2.23. The lowest BCUT2D eigenvalue weighted by atomic mass is 10.1. The number of carbonyl (C=O) groups is 1. The smallest absolute Gasteiger partial charge is 0.407 e. The molecule has 1 amide bonds. The molecule has 1 rings (SSSR count). The van der Waals surface area contributed by atoms with Gasteiger partial charge in [0.1, 0.15) is 0 Å². The highest BCUT2D eigenvalue weighted by Crippen LogP contribution is 2.13. The summed E-state index contributed by atoms with van der Waals surface area (Å²) in [6.07, 6.45) is 0.0349. The molecule has 1 aromatic carbocycles. The SMILES string of the molecule is CCOC(=O)NC(C)c1cccc(C#CCCO)c1. The Bertz CT molecular complexity index is 474. The van der Waals surface area contributed by atoms with Gasteiger partial charge in [-0.15, -0.1) is 0 Å². The number of hydrogen-bond acceptors (Lipinski definition) is 3. The lowest BCUT2D eigenvalue weighted by Crippen LogP contribution is -2.27. The van der Waals surface area contributed by atoms with Crippen LogP contribution in [0.3, 0.4) is 0 Å². The molecule has 0 bridgehead atoms. The molecule has 0 saturated heterocycles. The third-order valence-electron chi connectivity index (χ3n) is 2.47. The van der Waals surface area contributed by atoms with Crippen LogP contribution in [-0.4, -0.2) is 24.4 Å². The molecule has 2 N–H and O–H groups in total. The molecule has 0 aliphatic heterocycles. The van der Waals surface area contributed by atoms with E-state index >= 15 is 0 Å². The summed E-state index contributed by atoms with van der Waals surface area (Å²) < 4.78 is 4.84. The molecule has 0 aliphatic rings. The first kappa shape index (κ1) is 15.1. The number of ether oxygens (including phenoxy) is 1. The maximum absolute atomic E-state index is 11.3. The zero-order valence-electron chi connectivity index (χ0n) is 11.3. The van der Waals surface area contributed by atoms with Crippen LogP contribution in [-0.2, 0) is 4.74 Å². The Kier molecular flexibility index (Phi) is 6.48. The van der Waals surface area contributed by atoms with Crippen molar-refractivity contribution in [3.05, 3.63) is 35.4 Å². The number of amides is 1. The van der Waals surface area contributed by atoms with Crippen molar-refractivity contribution >= 4 is 6.09 Å². The van der Waals surface area contributed by atoms with Gasteiger partial charge in [0.25, 0.3) is 0 Å². The number of aliphatic hydroxyl groups is 1. The Balaban J connectivity index is 2.70. The predicted molar refractivity (Wildman–Crippen MR) is 73.6 cm³/mol. The third-order valence-corrected chi connectivity index (χ3v) is 2.47. The molecule has 0 radical (unpaired) electrons. The number of alkyl carbamates (subject to hydrolysis) is 1. The molecule has 1 aromatic rings. The second kappa shape index (κ2) is 8.17. The molecule has 4 heteroatoms. The van der Waals surface area contributed by atoms with Gasteiger partial charge in [-0.1, -0.05) is 24.0 Å². The van der Waals surface area contributed by atoms with Crippen molar-refractivity contribution in [3.63, 3.8) is 0 Å². The fourth-order valence-corrected chi connectivity index (χ4v) is 1.54. The zero-order valence-corrected chi connectivity index (χ0v) is 11.3. The molecular formula is C15H19NO3. The summed E-state index contributed by atoms with van der Waals surface area (Å²) in [5.41, 5.74) is 1.83. The first-order valence-corrected chi connectivity index (χ1v) is 6.30. The van der Waals surface area contributed by atoms with Crippen molar-refractivity contribution in [1.29, 1.82) is 0 Å². The van der Waals surface area contributed by atoms with Crippen LogP contribution < -0.4 is 5.32 Å². The largest absolute Gasteiger partial charge is 0.450 e. The Hall–Kier alpha value is -1.99. The van der Waals surface area contributed by atoms with E-state index in [9.17, 15) is 4.79 Å². The molecule has 0 saturated carbocycles. The summed E-state index contributed by atoms with van der Waals surface area (Å²) in [6, 6.07) is 7.49. The van der Waals surface area contributed by atoms with Crippen LogP contribution >= 0.6 is 0 Å². The van der Waals surface area contributed by atoms with Gasteiger partial charge in [-0.25, -0.2) is 4.79 Å². The quantitative estimate of drug-likeness (QED) is 0.817. The van der Waals surface area contributed by atoms with Crippen LogP contribution in [0.25, 0.3) is 0 Å².